The number of aromatic nitrogens is 1. The molecular formula is C20H27F3N4O3S. The molecule has 172 valence electrons. The summed E-state index contributed by atoms with van der Waals surface area (Å²) < 4.78 is 62.5. The second-order valence-electron chi connectivity index (χ2n) is 9.37. The first-order valence-electron chi connectivity index (χ1n) is 10.3. The largest absolute Gasteiger partial charge is 0.444 e. The highest BCUT2D eigenvalue weighted by Crippen LogP contribution is 2.51. The molecule has 0 aromatic carbocycles. The molecule has 2 aliphatic heterocycles. The molecule has 1 saturated carbocycles. The highest BCUT2D eigenvalue weighted by Gasteiger charge is 2.58. The zero-order valence-corrected chi connectivity index (χ0v) is 18.8. The number of halogens is 3. The molecule has 0 N–H and O–H groups in total. The van der Waals surface area contributed by atoms with Crippen LogP contribution in [0, 0.1) is 5.92 Å². The van der Waals surface area contributed by atoms with Crippen LogP contribution < -0.4 is 8.61 Å². The van der Waals surface area contributed by atoms with Crippen LogP contribution in [-0.4, -0.2) is 64.6 Å². The molecule has 31 heavy (non-hydrogen) atoms. The molecule has 7 nitrogen and oxygen atoms in total. The summed E-state index contributed by atoms with van der Waals surface area (Å²) in [5, 5.41) is 0. The minimum atomic E-state index is -2.71. The van der Waals surface area contributed by atoms with Gasteiger partial charge in [0.15, 0.2) is 5.82 Å². The molecule has 11 heteroatoms. The van der Waals surface area contributed by atoms with Gasteiger partial charge in [0.25, 0.3) is 5.92 Å². The normalized spacial score (nSPS) is 29.7. The predicted octanol–water partition coefficient (Wildman–Crippen LogP) is 3.63. The van der Waals surface area contributed by atoms with Crippen LogP contribution in [0.15, 0.2) is 12.1 Å². The summed E-state index contributed by atoms with van der Waals surface area (Å²) in [6.45, 7) is 5.50. The van der Waals surface area contributed by atoms with Gasteiger partial charge in [0.2, 0.25) is 11.2 Å². The van der Waals surface area contributed by atoms with Crippen molar-refractivity contribution in [1.82, 2.24) is 9.88 Å². The van der Waals surface area contributed by atoms with Crippen LogP contribution in [-0.2, 0) is 15.9 Å². The van der Waals surface area contributed by atoms with Gasteiger partial charge in [0, 0.05) is 44.1 Å². The van der Waals surface area contributed by atoms with Crippen molar-refractivity contribution in [3.05, 3.63) is 17.8 Å². The van der Waals surface area contributed by atoms with E-state index in [9.17, 15) is 22.2 Å². The Morgan fingerprint density at radius 2 is 2.03 bits per heavy atom. The number of amides is 1. The number of hydrogen-bond acceptors (Lipinski definition) is 4. The summed E-state index contributed by atoms with van der Waals surface area (Å²) in [5.74, 6) is -3.65. The second-order valence-corrected chi connectivity index (χ2v) is 10.8. The second kappa shape index (κ2) is 7.53. The summed E-state index contributed by atoms with van der Waals surface area (Å²) >= 11 is -1.65. The summed E-state index contributed by atoms with van der Waals surface area (Å²) in [5.41, 5.74) is 0.351. The lowest BCUT2D eigenvalue weighted by Crippen LogP contribution is -2.46. The topological polar surface area (TPSA) is 66.0 Å². The van der Waals surface area contributed by atoms with Gasteiger partial charge >= 0.3 is 6.09 Å². The van der Waals surface area contributed by atoms with Crippen LogP contribution in [0.5, 0.6) is 0 Å². The zero-order chi connectivity index (χ0) is 22.7. The molecule has 0 bridgehead atoms. The van der Waals surface area contributed by atoms with Crippen LogP contribution in [0.3, 0.4) is 0 Å². The predicted molar refractivity (Wildman–Crippen MR) is 111 cm³/mol. The molecule has 1 aliphatic carbocycles. The number of ether oxygens (including phenoxy) is 1. The van der Waals surface area contributed by atoms with Crippen LogP contribution in [0.1, 0.15) is 45.2 Å². The maximum absolute atomic E-state index is 15.0. The number of hydrogen-bond donors (Lipinski definition) is 0. The van der Waals surface area contributed by atoms with E-state index in [-0.39, 0.29) is 19.5 Å². The summed E-state index contributed by atoms with van der Waals surface area (Å²) in [7, 11) is 1.58. The van der Waals surface area contributed by atoms with Crippen molar-refractivity contribution in [3.63, 3.8) is 0 Å². The molecule has 4 rings (SSSR count). The first-order valence-corrected chi connectivity index (χ1v) is 11.4. The van der Waals surface area contributed by atoms with Gasteiger partial charge in [0.1, 0.15) is 11.8 Å². The van der Waals surface area contributed by atoms with E-state index in [2.05, 4.69) is 4.98 Å². The maximum atomic E-state index is 15.0. The summed E-state index contributed by atoms with van der Waals surface area (Å²) in [4.78, 5) is 18.1. The molecule has 4 unspecified atom stereocenters. The van der Waals surface area contributed by atoms with Crippen LogP contribution >= 0.6 is 0 Å². The number of carbonyl (C=O) groups excluding carboxylic acids is 1. The van der Waals surface area contributed by atoms with Gasteiger partial charge in [0.05, 0.1) is 12.2 Å². The third-order valence-corrected chi connectivity index (χ3v) is 7.15. The van der Waals surface area contributed by atoms with Gasteiger partial charge < -0.3 is 9.64 Å². The number of piperidine rings is 1. The van der Waals surface area contributed by atoms with Crippen LogP contribution in [0.4, 0.5) is 29.5 Å². The number of rotatable bonds is 3. The Labute approximate surface area is 182 Å². The molecular weight excluding hydrogens is 433 g/mol. The maximum Gasteiger partial charge on any atom is 0.410 e. The smallest absolute Gasteiger partial charge is 0.410 e. The SMILES string of the molecule is CN1c2nc(C3CCN(C(=O)OC(C)(C)C)CC3F)ccc2N(CC2CC2(F)F)S1=O. The van der Waals surface area contributed by atoms with Gasteiger partial charge in [-0.2, -0.15) is 0 Å². The molecule has 1 amide bonds. The lowest BCUT2D eigenvalue weighted by molar-refractivity contribution is 0.0109. The monoisotopic (exact) mass is 460 g/mol. The number of likely N-dealkylation sites (tertiary alicyclic amines) is 1. The number of anilines is 2. The van der Waals surface area contributed by atoms with Crippen molar-refractivity contribution in [3.8, 4) is 0 Å². The molecule has 1 saturated heterocycles. The summed E-state index contributed by atoms with van der Waals surface area (Å²) in [6.07, 6.45) is -1.70. The van der Waals surface area contributed by atoms with E-state index in [0.717, 1.165) is 0 Å². The Hall–Kier alpha value is -2.04. The van der Waals surface area contributed by atoms with E-state index in [1.54, 1.807) is 40.0 Å². The number of fused-ring (bicyclic) bond motifs is 1. The fourth-order valence-corrected chi connectivity index (χ4v) is 5.15. The van der Waals surface area contributed by atoms with Gasteiger partial charge in [-0.25, -0.2) is 27.2 Å². The molecule has 1 aromatic heterocycles. The van der Waals surface area contributed by atoms with Crippen molar-refractivity contribution >= 4 is 28.8 Å². The number of carbonyl (C=O) groups is 1. The third kappa shape index (κ3) is 4.33. The number of pyridine rings is 1. The van der Waals surface area contributed by atoms with Crippen molar-refractivity contribution in [2.45, 2.75) is 57.2 Å². The quantitative estimate of drug-likeness (QED) is 0.691. The number of nitrogens with zero attached hydrogens (tertiary/aromatic N) is 4. The Bertz CT molecular complexity index is 910. The van der Waals surface area contributed by atoms with Gasteiger partial charge in [-0.15, -0.1) is 0 Å². The van der Waals surface area contributed by atoms with Crippen molar-refractivity contribution < 1.29 is 26.9 Å². The van der Waals surface area contributed by atoms with Gasteiger partial charge in [-0.05, 0) is 39.3 Å². The van der Waals surface area contributed by atoms with E-state index in [1.807, 2.05) is 0 Å². The van der Waals surface area contributed by atoms with E-state index in [4.69, 9.17) is 4.74 Å². The Morgan fingerprint density at radius 3 is 2.61 bits per heavy atom. The van der Waals surface area contributed by atoms with E-state index in [0.29, 0.717) is 30.2 Å². The molecule has 4 atom stereocenters. The fraction of sp³-hybridized carbons (Fsp3) is 0.700. The van der Waals surface area contributed by atoms with E-state index in [1.165, 1.54) is 13.5 Å². The Kier molecular flexibility index (Phi) is 5.38. The van der Waals surface area contributed by atoms with Gasteiger partial charge in [-0.1, -0.05) is 0 Å². The fourth-order valence-electron chi connectivity index (χ4n) is 3.95. The third-order valence-electron chi connectivity index (χ3n) is 5.78. The highest BCUT2D eigenvalue weighted by molar-refractivity contribution is 7.88. The molecule has 2 fully saturated rings. The van der Waals surface area contributed by atoms with Gasteiger partial charge in [-0.3, -0.25) is 8.61 Å². The molecule has 1 aromatic rings. The zero-order valence-electron chi connectivity index (χ0n) is 18.0. The molecule has 3 heterocycles. The van der Waals surface area contributed by atoms with Crippen molar-refractivity contribution in [1.29, 1.82) is 0 Å². The number of alkyl halides is 3. The average molecular weight is 461 g/mol. The van der Waals surface area contributed by atoms with Crippen molar-refractivity contribution in [2.24, 2.45) is 5.92 Å². The minimum Gasteiger partial charge on any atom is -0.444 e. The van der Waals surface area contributed by atoms with Crippen molar-refractivity contribution in [2.75, 3.05) is 35.3 Å². The molecule has 3 aliphatic rings. The minimum absolute atomic E-state index is 0.0159. The van der Waals surface area contributed by atoms with E-state index >= 15 is 0 Å². The standard InChI is InChI=1S/C20H27F3N4O3S/c1-19(2,3)30-18(28)26-8-7-13(14(21)11-26)15-5-6-16-17(24-15)25(4)31(29)27(16)10-12-9-20(12,22)23/h5-6,12-14H,7-11H2,1-4H3. The summed E-state index contributed by atoms with van der Waals surface area (Å²) in [6, 6.07) is 3.33. The lowest BCUT2D eigenvalue weighted by atomic mass is 9.91. The molecule has 0 radical (unpaired) electrons. The first kappa shape index (κ1) is 22.2. The van der Waals surface area contributed by atoms with Crippen LogP contribution in [0.25, 0.3) is 0 Å². The lowest BCUT2D eigenvalue weighted by Gasteiger charge is -2.35. The molecule has 0 spiro atoms. The Balaban J connectivity index is 1.47. The highest BCUT2D eigenvalue weighted by atomic mass is 32.2. The van der Waals surface area contributed by atoms with E-state index < -0.39 is 46.8 Å². The van der Waals surface area contributed by atoms with Crippen LogP contribution in [0.2, 0.25) is 0 Å². The average Bonchev–Trinajstić information content (AvgIpc) is 3.21. The first-order chi connectivity index (χ1) is 14.4. The Morgan fingerprint density at radius 1 is 1.35 bits per heavy atom.